The molecule has 0 bridgehead atoms. The summed E-state index contributed by atoms with van der Waals surface area (Å²) in [5, 5.41) is 16.2. The third-order valence-corrected chi connectivity index (χ3v) is 2.76. The van der Waals surface area contributed by atoms with Crippen LogP contribution in [-0.4, -0.2) is 20.9 Å². The van der Waals surface area contributed by atoms with Gasteiger partial charge in [-0.2, -0.15) is 5.10 Å². The van der Waals surface area contributed by atoms with E-state index in [1.165, 1.54) is 0 Å². The summed E-state index contributed by atoms with van der Waals surface area (Å²) in [6, 6.07) is 8.83. The Morgan fingerprint density at radius 2 is 1.95 bits per heavy atom. The van der Waals surface area contributed by atoms with Gasteiger partial charge in [0.15, 0.2) is 0 Å². The molecule has 0 unspecified atom stereocenters. The van der Waals surface area contributed by atoms with Crippen LogP contribution in [0.1, 0.15) is 21.6 Å². The van der Waals surface area contributed by atoms with Gasteiger partial charge in [0.05, 0.1) is 11.3 Å². The Kier molecular flexibility index (Phi) is 5.54. The molecule has 5 nitrogen and oxygen atoms in total. The average molecular weight is 282 g/mol. The van der Waals surface area contributed by atoms with Gasteiger partial charge in [-0.15, -0.1) is 12.4 Å². The van der Waals surface area contributed by atoms with Crippen molar-refractivity contribution in [3.05, 3.63) is 53.3 Å². The van der Waals surface area contributed by atoms with Crippen molar-refractivity contribution in [2.24, 2.45) is 7.05 Å². The van der Waals surface area contributed by atoms with Crippen LogP contribution in [0.25, 0.3) is 0 Å². The van der Waals surface area contributed by atoms with Crippen LogP contribution in [0.3, 0.4) is 0 Å². The van der Waals surface area contributed by atoms with E-state index in [1.807, 2.05) is 29.9 Å². The molecule has 0 aliphatic heterocycles. The molecule has 0 saturated heterocycles. The van der Waals surface area contributed by atoms with Gasteiger partial charge >= 0.3 is 5.97 Å². The first-order valence-corrected chi connectivity index (χ1v) is 5.66. The summed E-state index contributed by atoms with van der Waals surface area (Å²) < 4.78 is 1.82. The summed E-state index contributed by atoms with van der Waals surface area (Å²) in [6.07, 6.45) is 1.76. The zero-order chi connectivity index (χ0) is 13.0. The summed E-state index contributed by atoms with van der Waals surface area (Å²) in [4.78, 5) is 10.7. The predicted molar refractivity (Wildman–Crippen MR) is 74.4 cm³/mol. The van der Waals surface area contributed by atoms with Crippen LogP contribution in [0.4, 0.5) is 0 Å². The molecular formula is C13H16ClN3O2. The number of nitrogens with zero attached hydrogens (tertiary/aromatic N) is 2. The van der Waals surface area contributed by atoms with Crippen molar-refractivity contribution in [2.75, 3.05) is 0 Å². The van der Waals surface area contributed by atoms with Gasteiger partial charge < -0.3 is 10.4 Å². The fourth-order valence-corrected chi connectivity index (χ4v) is 1.67. The average Bonchev–Trinajstić information content (AvgIpc) is 2.76. The maximum atomic E-state index is 10.7. The number of carboxylic acids is 1. The minimum absolute atomic E-state index is 0. The number of aryl methyl sites for hydroxylation is 1. The first-order chi connectivity index (χ1) is 8.66. The number of carbonyl (C=O) groups is 1. The first kappa shape index (κ1) is 15.2. The number of nitrogens with one attached hydrogen (secondary N) is 1. The molecule has 0 radical (unpaired) electrons. The molecule has 2 rings (SSSR count). The number of hydrogen-bond acceptors (Lipinski definition) is 3. The standard InChI is InChI=1S/C13H15N3O2.ClH/c1-16-12(6-7-15-16)9-14-8-10-2-4-11(5-3-10)13(17)18;/h2-7,14H,8-9H2,1H3,(H,17,18);1H. The monoisotopic (exact) mass is 281 g/mol. The van der Waals surface area contributed by atoms with Crippen LogP contribution in [0, 0.1) is 0 Å². The molecule has 1 aromatic heterocycles. The van der Waals surface area contributed by atoms with Gasteiger partial charge in [0.1, 0.15) is 0 Å². The maximum Gasteiger partial charge on any atom is 0.335 e. The molecule has 0 aliphatic rings. The summed E-state index contributed by atoms with van der Waals surface area (Å²) in [6.45, 7) is 1.43. The maximum absolute atomic E-state index is 10.7. The Morgan fingerprint density at radius 1 is 1.26 bits per heavy atom. The molecule has 0 saturated carbocycles. The van der Waals surface area contributed by atoms with Crippen LogP contribution in [0.15, 0.2) is 36.5 Å². The molecule has 6 heteroatoms. The van der Waals surface area contributed by atoms with Crippen molar-refractivity contribution in [3.8, 4) is 0 Å². The molecule has 0 fully saturated rings. The molecular weight excluding hydrogens is 266 g/mol. The molecule has 102 valence electrons. The van der Waals surface area contributed by atoms with Crippen molar-refractivity contribution in [2.45, 2.75) is 13.1 Å². The van der Waals surface area contributed by atoms with Crippen LogP contribution in [-0.2, 0) is 20.1 Å². The van der Waals surface area contributed by atoms with Gasteiger partial charge in [-0.3, -0.25) is 4.68 Å². The molecule has 1 heterocycles. The number of aromatic carboxylic acids is 1. The van der Waals surface area contributed by atoms with Gasteiger partial charge in [0.25, 0.3) is 0 Å². The highest BCUT2D eigenvalue weighted by atomic mass is 35.5. The van der Waals surface area contributed by atoms with Crippen LogP contribution < -0.4 is 5.32 Å². The topological polar surface area (TPSA) is 67.2 Å². The van der Waals surface area contributed by atoms with Crippen molar-refractivity contribution in [1.82, 2.24) is 15.1 Å². The molecule has 1 aromatic carbocycles. The Hall–Kier alpha value is -1.85. The highest BCUT2D eigenvalue weighted by Gasteiger charge is 2.02. The zero-order valence-corrected chi connectivity index (χ0v) is 11.4. The first-order valence-electron chi connectivity index (χ1n) is 5.66. The van der Waals surface area contributed by atoms with Crippen molar-refractivity contribution in [3.63, 3.8) is 0 Å². The Morgan fingerprint density at radius 3 is 2.47 bits per heavy atom. The lowest BCUT2D eigenvalue weighted by molar-refractivity contribution is 0.0697. The van der Waals surface area contributed by atoms with Crippen molar-refractivity contribution >= 4 is 18.4 Å². The number of hydrogen-bond donors (Lipinski definition) is 2. The SMILES string of the molecule is Cl.Cn1nccc1CNCc1ccc(C(=O)O)cc1. The smallest absolute Gasteiger partial charge is 0.335 e. The highest BCUT2D eigenvalue weighted by molar-refractivity contribution is 5.87. The second-order valence-corrected chi connectivity index (χ2v) is 4.05. The third kappa shape index (κ3) is 4.08. The number of halogens is 1. The van der Waals surface area contributed by atoms with Gasteiger partial charge in [0.2, 0.25) is 0 Å². The van der Waals surface area contributed by atoms with Crippen molar-refractivity contribution < 1.29 is 9.90 Å². The number of carboxylic acid groups (broad SMARTS) is 1. The molecule has 19 heavy (non-hydrogen) atoms. The van der Waals surface area contributed by atoms with Gasteiger partial charge in [-0.1, -0.05) is 12.1 Å². The van der Waals surface area contributed by atoms with Crippen LogP contribution in [0.2, 0.25) is 0 Å². The minimum Gasteiger partial charge on any atom is -0.478 e. The Balaban J connectivity index is 0.00000180. The molecule has 0 spiro atoms. The largest absolute Gasteiger partial charge is 0.478 e. The van der Waals surface area contributed by atoms with E-state index in [1.54, 1.807) is 18.3 Å². The molecule has 0 atom stereocenters. The van der Waals surface area contributed by atoms with E-state index in [0.29, 0.717) is 12.1 Å². The van der Waals surface area contributed by atoms with E-state index in [-0.39, 0.29) is 12.4 Å². The van der Waals surface area contributed by atoms with E-state index < -0.39 is 5.97 Å². The highest BCUT2D eigenvalue weighted by Crippen LogP contribution is 2.04. The van der Waals surface area contributed by atoms with E-state index >= 15 is 0 Å². The van der Waals surface area contributed by atoms with Gasteiger partial charge in [0, 0.05) is 26.3 Å². The fraction of sp³-hybridized carbons (Fsp3) is 0.231. The quantitative estimate of drug-likeness (QED) is 0.877. The predicted octanol–water partition coefficient (Wildman–Crippen LogP) is 1.83. The summed E-state index contributed by atoms with van der Waals surface area (Å²) in [5.74, 6) is -0.899. The molecule has 0 aliphatic carbocycles. The second kappa shape index (κ2) is 6.92. The van der Waals surface area contributed by atoms with E-state index in [9.17, 15) is 4.79 Å². The summed E-state index contributed by atoms with van der Waals surface area (Å²) >= 11 is 0. The van der Waals surface area contributed by atoms with Crippen LogP contribution >= 0.6 is 12.4 Å². The van der Waals surface area contributed by atoms with Gasteiger partial charge in [-0.25, -0.2) is 4.79 Å². The summed E-state index contributed by atoms with van der Waals surface area (Å²) in [7, 11) is 1.90. The normalized spacial score (nSPS) is 9.95. The lowest BCUT2D eigenvalue weighted by Gasteiger charge is -2.05. The lowest BCUT2D eigenvalue weighted by atomic mass is 10.1. The van der Waals surface area contributed by atoms with Crippen LogP contribution in [0.5, 0.6) is 0 Å². The van der Waals surface area contributed by atoms with E-state index in [2.05, 4.69) is 10.4 Å². The number of aromatic nitrogens is 2. The van der Waals surface area contributed by atoms with Gasteiger partial charge in [-0.05, 0) is 23.8 Å². The van der Waals surface area contributed by atoms with Crippen molar-refractivity contribution in [1.29, 1.82) is 0 Å². The molecule has 2 N–H and O–H groups in total. The van der Waals surface area contributed by atoms with E-state index in [0.717, 1.165) is 17.8 Å². The fourth-order valence-electron chi connectivity index (χ4n) is 1.67. The minimum atomic E-state index is -0.899. The lowest BCUT2D eigenvalue weighted by Crippen LogP contribution is -2.15. The third-order valence-electron chi connectivity index (χ3n) is 2.76. The summed E-state index contributed by atoms with van der Waals surface area (Å²) in [5.41, 5.74) is 2.48. The molecule has 0 amide bonds. The Labute approximate surface area is 117 Å². The Bertz CT molecular complexity index is 537. The number of rotatable bonds is 5. The second-order valence-electron chi connectivity index (χ2n) is 4.05. The molecule has 2 aromatic rings. The number of benzene rings is 1. The van der Waals surface area contributed by atoms with E-state index in [4.69, 9.17) is 5.11 Å². The zero-order valence-electron chi connectivity index (χ0n) is 10.5.